The highest BCUT2D eigenvalue weighted by atomic mass is 16.7. The fraction of sp³-hybridized carbons (Fsp3) is 0.958. The molecule has 0 aromatic carbocycles. The molecule has 0 bridgehead atoms. The number of amides is 1. The summed E-state index contributed by atoms with van der Waals surface area (Å²) in [5, 5.41) is 84.0. The van der Waals surface area contributed by atoms with E-state index in [2.05, 4.69) is 12.2 Å². The summed E-state index contributed by atoms with van der Waals surface area (Å²) in [6, 6.07) is -0.812. The predicted octanol–water partition coefficient (Wildman–Crippen LogP) is -3.15. The second kappa shape index (κ2) is 16.3. The molecule has 12 unspecified atom stereocenters. The number of hydrogen-bond acceptors (Lipinski definition) is 13. The Morgan fingerprint density at radius 1 is 0.842 bits per heavy atom. The maximum atomic E-state index is 12.0. The molecule has 2 saturated heterocycles. The van der Waals surface area contributed by atoms with E-state index in [0.717, 1.165) is 25.7 Å². The van der Waals surface area contributed by atoms with Gasteiger partial charge in [-0.15, -0.1) is 0 Å². The SMILES string of the molecule is CCCCCCC(O)C(COC1OC(CO)C(OC2OC(CO)C(O)C(O)C2O)C(O)C1O)NC(=O)CC. The van der Waals surface area contributed by atoms with Gasteiger partial charge in [-0.25, -0.2) is 0 Å². The van der Waals surface area contributed by atoms with Gasteiger partial charge in [0.1, 0.15) is 48.8 Å². The second-order valence-corrected chi connectivity index (χ2v) is 9.78. The Morgan fingerprint density at radius 3 is 2.08 bits per heavy atom. The van der Waals surface area contributed by atoms with Crippen molar-refractivity contribution in [1.29, 1.82) is 0 Å². The van der Waals surface area contributed by atoms with Crippen LogP contribution >= 0.6 is 0 Å². The minimum absolute atomic E-state index is 0.184. The van der Waals surface area contributed by atoms with Crippen molar-refractivity contribution >= 4 is 5.91 Å². The molecule has 2 rings (SSSR count). The topological polar surface area (TPSA) is 228 Å². The Labute approximate surface area is 222 Å². The number of carbonyl (C=O) groups excluding carboxylic acids is 1. The Balaban J connectivity index is 2.04. The summed E-state index contributed by atoms with van der Waals surface area (Å²) in [6.07, 6.45) is -12.3. The summed E-state index contributed by atoms with van der Waals surface area (Å²) < 4.78 is 22.0. The molecule has 14 heteroatoms. The van der Waals surface area contributed by atoms with Crippen LogP contribution in [0.4, 0.5) is 0 Å². The molecular weight excluding hydrogens is 510 g/mol. The second-order valence-electron chi connectivity index (χ2n) is 9.78. The summed E-state index contributed by atoms with van der Waals surface area (Å²) >= 11 is 0. The van der Waals surface area contributed by atoms with Crippen LogP contribution in [0.15, 0.2) is 0 Å². The van der Waals surface area contributed by atoms with Gasteiger partial charge in [-0.05, 0) is 6.42 Å². The van der Waals surface area contributed by atoms with Gasteiger partial charge in [-0.1, -0.05) is 39.5 Å². The molecule has 224 valence electrons. The third-order valence-corrected chi connectivity index (χ3v) is 6.89. The van der Waals surface area contributed by atoms with Gasteiger partial charge in [0.25, 0.3) is 0 Å². The van der Waals surface area contributed by atoms with Crippen LogP contribution in [0.5, 0.6) is 0 Å². The third kappa shape index (κ3) is 8.74. The molecule has 0 saturated carbocycles. The van der Waals surface area contributed by atoms with Crippen molar-refractivity contribution in [2.75, 3.05) is 19.8 Å². The van der Waals surface area contributed by atoms with Crippen LogP contribution in [-0.2, 0) is 23.7 Å². The van der Waals surface area contributed by atoms with E-state index in [1.165, 1.54) is 0 Å². The minimum Gasteiger partial charge on any atom is -0.394 e. The van der Waals surface area contributed by atoms with E-state index in [1.54, 1.807) is 6.92 Å². The van der Waals surface area contributed by atoms with Crippen molar-refractivity contribution in [3.63, 3.8) is 0 Å². The Hall–Kier alpha value is -1.01. The average Bonchev–Trinajstić information content (AvgIpc) is 2.92. The zero-order chi connectivity index (χ0) is 28.4. The van der Waals surface area contributed by atoms with E-state index in [9.17, 15) is 45.6 Å². The van der Waals surface area contributed by atoms with Crippen molar-refractivity contribution in [2.24, 2.45) is 0 Å². The maximum absolute atomic E-state index is 12.0. The first-order chi connectivity index (χ1) is 18.1. The highest BCUT2D eigenvalue weighted by Gasteiger charge is 2.50. The van der Waals surface area contributed by atoms with E-state index in [0.29, 0.717) is 6.42 Å². The van der Waals surface area contributed by atoms with Crippen LogP contribution < -0.4 is 5.32 Å². The molecule has 0 spiro atoms. The first kappa shape index (κ1) is 33.2. The van der Waals surface area contributed by atoms with Gasteiger partial charge in [-0.2, -0.15) is 0 Å². The van der Waals surface area contributed by atoms with Gasteiger partial charge < -0.3 is 65.1 Å². The lowest BCUT2D eigenvalue weighted by Gasteiger charge is -2.46. The zero-order valence-corrected chi connectivity index (χ0v) is 21.9. The number of aliphatic hydroxyl groups is 8. The molecule has 0 aromatic heterocycles. The minimum atomic E-state index is -1.77. The molecule has 14 nitrogen and oxygen atoms in total. The average molecular weight is 556 g/mol. The first-order valence-corrected chi connectivity index (χ1v) is 13.3. The van der Waals surface area contributed by atoms with Gasteiger partial charge >= 0.3 is 0 Å². The van der Waals surface area contributed by atoms with Crippen LogP contribution in [0.1, 0.15) is 52.4 Å². The molecule has 1 amide bonds. The molecule has 0 aromatic rings. The van der Waals surface area contributed by atoms with Crippen LogP contribution in [0.25, 0.3) is 0 Å². The summed E-state index contributed by atoms with van der Waals surface area (Å²) in [5.74, 6) is -0.308. The molecule has 2 aliphatic heterocycles. The lowest BCUT2D eigenvalue weighted by molar-refractivity contribution is -0.359. The van der Waals surface area contributed by atoms with Crippen molar-refractivity contribution in [3.05, 3.63) is 0 Å². The van der Waals surface area contributed by atoms with Crippen molar-refractivity contribution < 1.29 is 64.6 Å². The molecule has 0 aliphatic carbocycles. The lowest BCUT2D eigenvalue weighted by atomic mass is 9.97. The highest BCUT2D eigenvalue weighted by Crippen LogP contribution is 2.29. The number of carbonyl (C=O) groups is 1. The Morgan fingerprint density at radius 2 is 1.47 bits per heavy atom. The predicted molar refractivity (Wildman–Crippen MR) is 129 cm³/mol. The van der Waals surface area contributed by atoms with E-state index in [1.807, 2.05) is 0 Å². The lowest BCUT2D eigenvalue weighted by Crippen LogP contribution is -2.65. The number of aliphatic hydroxyl groups excluding tert-OH is 8. The largest absolute Gasteiger partial charge is 0.394 e. The number of unbranched alkanes of at least 4 members (excludes halogenated alkanes) is 3. The van der Waals surface area contributed by atoms with Gasteiger partial charge in [0.15, 0.2) is 12.6 Å². The van der Waals surface area contributed by atoms with Gasteiger partial charge in [-0.3, -0.25) is 4.79 Å². The van der Waals surface area contributed by atoms with E-state index in [4.69, 9.17) is 18.9 Å². The van der Waals surface area contributed by atoms with E-state index in [-0.39, 0.29) is 18.9 Å². The molecule has 38 heavy (non-hydrogen) atoms. The molecule has 2 heterocycles. The molecule has 12 atom stereocenters. The first-order valence-electron chi connectivity index (χ1n) is 13.3. The van der Waals surface area contributed by atoms with E-state index >= 15 is 0 Å². The van der Waals surface area contributed by atoms with Crippen LogP contribution in [-0.4, -0.2) is 140 Å². The monoisotopic (exact) mass is 555 g/mol. The quantitative estimate of drug-likeness (QED) is 0.0911. The van der Waals surface area contributed by atoms with Gasteiger partial charge in [0.05, 0.1) is 32.0 Å². The zero-order valence-electron chi connectivity index (χ0n) is 21.9. The highest BCUT2D eigenvalue weighted by molar-refractivity contribution is 5.75. The van der Waals surface area contributed by atoms with Crippen molar-refractivity contribution in [3.8, 4) is 0 Å². The number of rotatable bonds is 15. The summed E-state index contributed by atoms with van der Waals surface area (Å²) in [4.78, 5) is 12.0. The standard InChI is InChI=1S/C24H45NO13/c1-3-5-6-7-8-13(28)12(25-16(29)4-2)11-35-23-21(34)19(32)22(15(10-27)37-23)38-24-20(33)18(31)17(30)14(9-26)36-24/h12-15,17-24,26-28,30-34H,3-11H2,1-2H3,(H,25,29). The molecular formula is C24H45NO13. The van der Waals surface area contributed by atoms with Crippen LogP contribution in [0, 0.1) is 0 Å². The molecule has 9 N–H and O–H groups in total. The Kier molecular flexibility index (Phi) is 14.2. The third-order valence-electron chi connectivity index (χ3n) is 6.89. The van der Waals surface area contributed by atoms with Crippen molar-refractivity contribution in [2.45, 2.75) is 126 Å². The maximum Gasteiger partial charge on any atom is 0.220 e. The number of ether oxygens (including phenoxy) is 4. The van der Waals surface area contributed by atoms with Crippen LogP contribution in [0.2, 0.25) is 0 Å². The molecule has 0 radical (unpaired) electrons. The van der Waals surface area contributed by atoms with Gasteiger partial charge in [0.2, 0.25) is 5.91 Å². The smallest absolute Gasteiger partial charge is 0.220 e. The summed E-state index contributed by atoms with van der Waals surface area (Å²) in [7, 11) is 0. The number of hydrogen-bond donors (Lipinski definition) is 9. The fourth-order valence-electron chi connectivity index (χ4n) is 4.43. The number of nitrogens with one attached hydrogen (secondary N) is 1. The normalized spacial score (nSPS) is 37.5. The van der Waals surface area contributed by atoms with Gasteiger partial charge in [0, 0.05) is 6.42 Å². The summed E-state index contributed by atoms with van der Waals surface area (Å²) in [5.41, 5.74) is 0. The molecule has 2 fully saturated rings. The van der Waals surface area contributed by atoms with Crippen LogP contribution in [0.3, 0.4) is 0 Å². The Bertz CT molecular complexity index is 684. The fourth-order valence-corrected chi connectivity index (χ4v) is 4.43. The molecule has 2 aliphatic rings. The van der Waals surface area contributed by atoms with Crippen molar-refractivity contribution in [1.82, 2.24) is 5.32 Å². The summed E-state index contributed by atoms with van der Waals surface area (Å²) in [6.45, 7) is 2.06. The van der Waals surface area contributed by atoms with E-state index < -0.39 is 86.8 Å².